The average molecular weight is 310 g/mol. The summed E-state index contributed by atoms with van der Waals surface area (Å²) in [6, 6.07) is 7.75. The number of aliphatic hydroxyl groups is 2. The lowest BCUT2D eigenvalue weighted by atomic mass is 10.5. The van der Waals surface area contributed by atoms with Gasteiger partial charge >= 0.3 is 0 Å². The molecule has 8 nitrogen and oxygen atoms in total. The molecule has 8 heteroatoms. The molecule has 0 radical (unpaired) electrons. The number of nitriles is 4. The van der Waals surface area contributed by atoms with Crippen LogP contribution >= 0.6 is 0 Å². The number of hydrogen-bond acceptors (Lipinski definition) is 8. The summed E-state index contributed by atoms with van der Waals surface area (Å²) in [4.78, 5) is 0. The Kier molecular flexibility index (Phi) is 35.3. The second-order valence-electron chi connectivity index (χ2n) is 3.30. The van der Waals surface area contributed by atoms with Gasteiger partial charge in [-0.05, 0) is 0 Å². The lowest BCUT2D eigenvalue weighted by Gasteiger charge is -1.93. The molecule has 0 saturated carbocycles. The zero-order valence-electron chi connectivity index (χ0n) is 12.6. The molecule has 0 bridgehead atoms. The topological polar surface area (TPSA) is 154 Å². The van der Waals surface area contributed by atoms with Crippen molar-refractivity contribution in [3.8, 4) is 24.3 Å². The van der Waals surface area contributed by atoms with E-state index < -0.39 is 0 Å². The van der Waals surface area contributed by atoms with E-state index in [1.807, 2.05) is 24.3 Å². The molecule has 0 heterocycles. The first-order chi connectivity index (χ1) is 10.7. The molecule has 0 aromatic carbocycles. The van der Waals surface area contributed by atoms with E-state index in [0.29, 0.717) is 52.1 Å². The van der Waals surface area contributed by atoms with Crippen molar-refractivity contribution in [2.24, 2.45) is 0 Å². The molecule has 0 aromatic rings. The maximum Gasteiger partial charge on any atom is 0.0662 e. The first-order valence-electron chi connectivity index (χ1n) is 6.60. The van der Waals surface area contributed by atoms with Crippen LogP contribution in [0.5, 0.6) is 0 Å². The Morgan fingerprint density at radius 3 is 0.909 bits per heavy atom. The number of rotatable bonds is 9. The summed E-state index contributed by atoms with van der Waals surface area (Å²) < 4.78 is 9.74. The Balaban J connectivity index is -0.000000266. The standard InChI is InChI=1S/2C6H8N2O.C2H6O2/c2*7-3-1-5-9-6-2-4-8;3-1-2-4/h2*1-2,5-6H2;3-4H,1-2H2. The van der Waals surface area contributed by atoms with Crippen molar-refractivity contribution >= 4 is 0 Å². The van der Waals surface area contributed by atoms with E-state index in [2.05, 4.69) is 0 Å². The predicted octanol–water partition coefficient (Wildman–Crippen LogP) is 0.632. The molecule has 122 valence electrons. The van der Waals surface area contributed by atoms with Crippen molar-refractivity contribution in [3.05, 3.63) is 0 Å². The second kappa shape index (κ2) is 31.3. The predicted molar refractivity (Wildman–Crippen MR) is 76.7 cm³/mol. The van der Waals surface area contributed by atoms with Crippen LogP contribution in [0.3, 0.4) is 0 Å². The Morgan fingerprint density at radius 1 is 0.545 bits per heavy atom. The van der Waals surface area contributed by atoms with Crippen LogP contribution in [-0.4, -0.2) is 49.9 Å². The molecular formula is C14H22N4O4. The molecule has 22 heavy (non-hydrogen) atoms. The third-order valence-electron chi connectivity index (χ3n) is 1.53. The van der Waals surface area contributed by atoms with E-state index in [1.165, 1.54) is 0 Å². The van der Waals surface area contributed by atoms with Gasteiger partial charge < -0.3 is 19.7 Å². The average Bonchev–Trinajstić information content (AvgIpc) is 2.55. The summed E-state index contributed by atoms with van der Waals surface area (Å²) in [6.45, 7) is 1.52. The maximum absolute atomic E-state index is 8.03. The van der Waals surface area contributed by atoms with Crippen LogP contribution in [0.25, 0.3) is 0 Å². The Hall–Kier alpha value is -2.20. The maximum atomic E-state index is 8.03. The number of hydrogen-bond donors (Lipinski definition) is 2. The zero-order chi connectivity index (χ0) is 17.3. The molecule has 0 aromatic heterocycles. The van der Waals surface area contributed by atoms with Gasteiger partial charge in [0.1, 0.15) is 0 Å². The summed E-state index contributed by atoms with van der Waals surface area (Å²) in [5.74, 6) is 0. The molecule has 0 aliphatic heterocycles. The van der Waals surface area contributed by atoms with Crippen LogP contribution in [0.2, 0.25) is 0 Å². The molecule has 0 spiro atoms. The normalized spacial score (nSPS) is 7.73. The minimum absolute atomic E-state index is 0.125. The molecule has 0 aliphatic carbocycles. The van der Waals surface area contributed by atoms with Gasteiger partial charge in [-0.1, -0.05) is 0 Å². The van der Waals surface area contributed by atoms with Gasteiger partial charge in [0, 0.05) is 0 Å². The van der Waals surface area contributed by atoms with Gasteiger partial charge in [-0.25, -0.2) is 0 Å². The summed E-state index contributed by atoms with van der Waals surface area (Å²) in [7, 11) is 0. The van der Waals surface area contributed by atoms with Gasteiger partial charge in [0.25, 0.3) is 0 Å². The quantitative estimate of drug-likeness (QED) is 0.587. The van der Waals surface area contributed by atoms with E-state index in [-0.39, 0.29) is 13.2 Å². The van der Waals surface area contributed by atoms with Crippen molar-refractivity contribution < 1.29 is 19.7 Å². The Morgan fingerprint density at radius 2 is 0.773 bits per heavy atom. The highest BCUT2D eigenvalue weighted by Crippen LogP contribution is 1.82. The van der Waals surface area contributed by atoms with E-state index >= 15 is 0 Å². The zero-order valence-corrected chi connectivity index (χ0v) is 12.6. The highest BCUT2D eigenvalue weighted by molar-refractivity contribution is 4.70. The van der Waals surface area contributed by atoms with E-state index in [9.17, 15) is 0 Å². The van der Waals surface area contributed by atoms with Gasteiger partial charge in [0.15, 0.2) is 0 Å². The summed E-state index contributed by atoms with van der Waals surface area (Å²) in [5, 5.41) is 47.4. The fraction of sp³-hybridized carbons (Fsp3) is 0.714. The third-order valence-corrected chi connectivity index (χ3v) is 1.53. The van der Waals surface area contributed by atoms with Crippen molar-refractivity contribution in [2.45, 2.75) is 25.7 Å². The fourth-order valence-corrected chi connectivity index (χ4v) is 0.675. The Bertz CT molecular complexity index is 295. The molecule has 0 unspecified atom stereocenters. The van der Waals surface area contributed by atoms with Crippen LogP contribution in [-0.2, 0) is 9.47 Å². The molecule has 0 fully saturated rings. The lowest BCUT2D eigenvalue weighted by Crippen LogP contribution is -1.93. The number of aliphatic hydroxyl groups excluding tert-OH is 2. The fourth-order valence-electron chi connectivity index (χ4n) is 0.675. The largest absolute Gasteiger partial charge is 0.394 e. The van der Waals surface area contributed by atoms with Crippen molar-refractivity contribution in [1.29, 1.82) is 21.0 Å². The van der Waals surface area contributed by atoms with Crippen LogP contribution in [0, 0.1) is 45.3 Å². The van der Waals surface area contributed by atoms with Gasteiger partial charge in [-0.3, -0.25) is 0 Å². The van der Waals surface area contributed by atoms with Crippen LogP contribution in [0.15, 0.2) is 0 Å². The lowest BCUT2D eigenvalue weighted by molar-refractivity contribution is 0.145. The van der Waals surface area contributed by atoms with Gasteiger partial charge in [0.05, 0.1) is 89.6 Å². The van der Waals surface area contributed by atoms with Gasteiger partial charge in [0.2, 0.25) is 0 Å². The third kappa shape index (κ3) is 43.1. The second-order valence-corrected chi connectivity index (χ2v) is 3.30. The molecule has 0 atom stereocenters. The van der Waals surface area contributed by atoms with Gasteiger partial charge in [-0.15, -0.1) is 0 Å². The number of nitrogens with zero attached hydrogens (tertiary/aromatic N) is 4. The van der Waals surface area contributed by atoms with Crippen molar-refractivity contribution in [2.75, 3.05) is 39.6 Å². The highest BCUT2D eigenvalue weighted by atomic mass is 16.5. The minimum atomic E-state index is -0.125. The van der Waals surface area contributed by atoms with Crippen LogP contribution in [0.4, 0.5) is 0 Å². The minimum Gasteiger partial charge on any atom is -0.394 e. The summed E-state index contributed by atoms with van der Waals surface area (Å²) in [6.07, 6.45) is 1.63. The summed E-state index contributed by atoms with van der Waals surface area (Å²) >= 11 is 0. The Labute approximate surface area is 131 Å². The summed E-state index contributed by atoms with van der Waals surface area (Å²) in [5.41, 5.74) is 0. The SMILES string of the molecule is N#CCCOCCC#N.N#CCCOCCC#N.OCCO. The van der Waals surface area contributed by atoms with E-state index in [1.54, 1.807) is 0 Å². The highest BCUT2D eigenvalue weighted by Gasteiger charge is 1.84. The van der Waals surface area contributed by atoms with Crippen LogP contribution in [0.1, 0.15) is 25.7 Å². The smallest absolute Gasteiger partial charge is 0.0662 e. The molecule has 0 saturated heterocycles. The molecule has 0 aliphatic rings. The van der Waals surface area contributed by atoms with Crippen molar-refractivity contribution in [1.82, 2.24) is 0 Å². The first kappa shape index (κ1) is 24.8. The molecule has 0 amide bonds. The van der Waals surface area contributed by atoms with E-state index in [0.717, 1.165) is 0 Å². The van der Waals surface area contributed by atoms with Crippen LogP contribution < -0.4 is 0 Å². The van der Waals surface area contributed by atoms with Crippen molar-refractivity contribution in [3.63, 3.8) is 0 Å². The van der Waals surface area contributed by atoms with E-state index in [4.69, 9.17) is 40.7 Å². The monoisotopic (exact) mass is 310 g/mol. The van der Waals surface area contributed by atoms with Gasteiger partial charge in [-0.2, -0.15) is 21.0 Å². The number of ether oxygens (including phenoxy) is 2. The molecule has 2 N–H and O–H groups in total. The molecule has 0 rings (SSSR count). The first-order valence-corrected chi connectivity index (χ1v) is 6.60. The molecular weight excluding hydrogens is 288 g/mol.